The lowest BCUT2D eigenvalue weighted by Crippen LogP contribution is -2.36. The van der Waals surface area contributed by atoms with Crippen LogP contribution in [0.2, 0.25) is 0 Å². The van der Waals surface area contributed by atoms with E-state index in [-0.39, 0.29) is 11.8 Å². The second-order valence-electron chi connectivity index (χ2n) is 2.84. The van der Waals surface area contributed by atoms with E-state index < -0.39 is 24.3 Å². The van der Waals surface area contributed by atoms with Gasteiger partial charge in [-0.1, -0.05) is 12.1 Å². The van der Waals surface area contributed by atoms with E-state index in [1.807, 2.05) is 0 Å². The molecule has 15 heavy (non-hydrogen) atoms. The molecule has 0 saturated heterocycles. The molecule has 0 atom stereocenters. The van der Waals surface area contributed by atoms with Crippen molar-refractivity contribution < 1.29 is 28.0 Å². The number of aldehydes is 1. The van der Waals surface area contributed by atoms with Gasteiger partial charge in [-0.2, -0.15) is 13.2 Å². The fourth-order valence-corrected chi connectivity index (χ4v) is 1.12. The molecule has 0 saturated carbocycles. The highest BCUT2D eigenvalue weighted by Gasteiger charge is 2.36. The van der Waals surface area contributed by atoms with Gasteiger partial charge in [-0.15, -0.1) is 0 Å². The molecule has 3 nitrogen and oxygen atoms in total. The standard InChI is InChI=1S/C8H6BF3O3/c10-8(11,12)6-3-5(4-13)1-2-7(6)9(14)15/h1-4,14-15H. The van der Waals surface area contributed by atoms with Gasteiger partial charge in [0.25, 0.3) is 0 Å². The molecule has 0 amide bonds. The summed E-state index contributed by atoms with van der Waals surface area (Å²) in [7, 11) is -2.22. The van der Waals surface area contributed by atoms with Gasteiger partial charge in [0.05, 0.1) is 5.56 Å². The number of hydrogen-bond donors (Lipinski definition) is 2. The predicted octanol–water partition coefficient (Wildman–Crippen LogP) is 0.198. The number of hydrogen-bond acceptors (Lipinski definition) is 3. The van der Waals surface area contributed by atoms with Crippen LogP contribution in [0.15, 0.2) is 18.2 Å². The summed E-state index contributed by atoms with van der Waals surface area (Å²) in [6.45, 7) is 0. The summed E-state index contributed by atoms with van der Waals surface area (Å²) in [6.07, 6.45) is -4.47. The van der Waals surface area contributed by atoms with Crippen LogP contribution in [-0.2, 0) is 6.18 Å². The molecule has 0 aliphatic carbocycles. The maximum Gasteiger partial charge on any atom is 0.489 e. The molecule has 80 valence electrons. The zero-order chi connectivity index (χ0) is 11.6. The van der Waals surface area contributed by atoms with Gasteiger partial charge in [-0.25, -0.2) is 0 Å². The Kier molecular flexibility index (Phi) is 3.16. The van der Waals surface area contributed by atoms with Crippen molar-refractivity contribution >= 4 is 18.9 Å². The Bertz CT molecular complexity index is 376. The van der Waals surface area contributed by atoms with Gasteiger partial charge in [0.15, 0.2) is 0 Å². The number of halogens is 3. The minimum absolute atomic E-state index is 0.174. The molecule has 0 aliphatic heterocycles. The van der Waals surface area contributed by atoms with Crippen LogP contribution in [0.5, 0.6) is 0 Å². The molecular weight excluding hydrogens is 212 g/mol. The molecule has 0 heterocycles. The topological polar surface area (TPSA) is 57.5 Å². The predicted molar refractivity (Wildman–Crippen MR) is 46.7 cm³/mol. The lowest BCUT2D eigenvalue weighted by Gasteiger charge is -2.12. The zero-order valence-corrected chi connectivity index (χ0v) is 7.32. The molecule has 0 unspecified atom stereocenters. The molecular formula is C8H6BF3O3. The number of alkyl halides is 3. The minimum Gasteiger partial charge on any atom is -0.423 e. The summed E-state index contributed by atoms with van der Waals surface area (Å²) >= 11 is 0. The summed E-state index contributed by atoms with van der Waals surface area (Å²) in [5.41, 5.74) is -2.07. The summed E-state index contributed by atoms with van der Waals surface area (Å²) in [5.74, 6) is 0. The maximum absolute atomic E-state index is 12.4. The average Bonchev–Trinajstić information content (AvgIpc) is 2.15. The normalized spacial score (nSPS) is 11.3. The van der Waals surface area contributed by atoms with Crippen molar-refractivity contribution in [1.29, 1.82) is 0 Å². The Morgan fingerprint density at radius 3 is 2.27 bits per heavy atom. The number of carbonyl (C=O) groups is 1. The van der Waals surface area contributed by atoms with E-state index in [2.05, 4.69) is 0 Å². The van der Waals surface area contributed by atoms with Crippen LogP contribution in [0.25, 0.3) is 0 Å². The lowest BCUT2D eigenvalue weighted by atomic mass is 9.76. The molecule has 0 bridgehead atoms. The molecule has 1 rings (SSSR count). The number of benzene rings is 1. The second kappa shape index (κ2) is 4.04. The Morgan fingerprint density at radius 1 is 1.27 bits per heavy atom. The third kappa shape index (κ3) is 2.57. The Hall–Kier alpha value is -1.34. The second-order valence-corrected chi connectivity index (χ2v) is 2.84. The lowest BCUT2D eigenvalue weighted by molar-refractivity contribution is -0.136. The van der Waals surface area contributed by atoms with Crippen molar-refractivity contribution in [2.75, 3.05) is 0 Å². The molecule has 0 radical (unpaired) electrons. The molecule has 7 heteroatoms. The smallest absolute Gasteiger partial charge is 0.423 e. The third-order valence-corrected chi connectivity index (χ3v) is 1.80. The van der Waals surface area contributed by atoms with Crippen molar-refractivity contribution in [3.8, 4) is 0 Å². The maximum atomic E-state index is 12.4. The van der Waals surface area contributed by atoms with E-state index in [4.69, 9.17) is 10.0 Å². The van der Waals surface area contributed by atoms with Crippen LogP contribution in [-0.4, -0.2) is 23.5 Å². The fourth-order valence-electron chi connectivity index (χ4n) is 1.12. The van der Waals surface area contributed by atoms with Gasteiger partial charge in [0.1, 0.15) is 6.29 Å². The SMILES string of the molecule is O=Cc1ccc(B(O)O)c(C(F)(F)F)c1. The highest BCUT2D eigenvalue weighted by atomic mass is 19.4. The summed E-state index contributed by atoms with van der Waals surface area (Å²) in [6, 6.07) is 2.51. The minimum atomic E-state index is -4.72. The van der Waals surface area contributed by atoms with Crippen LogP contribution in [0.3, 0.4) is 0 Å². The molecule has 0 aliphatic rings. The largest absolute Gasteiger partial charge is 0.489 e. The highest BCUT2D eigenvalue weighted by Crippen LogP contribution is 2.28. The van der Waals surface area contributed by atoms with Gasteiger partial charge < -0.3 is 10.0 Å². The summed E-state index contributed by atoms with van der Waals surface area (Å²) in [5, 5.41) is 17.4. The Labute approximate surface area is 83.3 Å². The first-order valence-corrected chi connectivity index (χ1v) is 3.88. The number of rotatable bonds is 2. The molecule has 1 aromatic carbocycles. The van der Waals surface area contributed by atoms with Crippen molar-refractivity contribution in [3.63, 3.8) is 0 Å². The van der Waals surface area contributed by atoms with Crippen LogP contribution < -0.4 is 5.46 Å². The first kappa shape index (κ1) is 11.7. The molecule has 2 N–H and O–H groups in total. The zero-order valence-electron chi connectivity index (χ0n) is 7.32. The van der Waals surface area contributed by atoms with Crippen LogP contribution in [0.4, 0.5) is 13.2 Å². The Balaban J connectivity index is 3.35. The van der Waals surface area contributed by atoms with Crippen molar-refractivity contribution in [1.82, 2.24) is 0 Å². The van der Waals surface area contributed by atoms with E-state index in [0.717, 1.165) is 12.1 Å². The van der Waals surface area contributed by atoms with Crippen LogP contribution >= 0.6 is 0 Å². The first-order valence-electron chi connectivity index (χ1n) is 3.88. The van der Waals surface area contributed by atoms with Crippen molar-refractivity contribution in [2.24, 2.45) is 0 Å². The van der Waals surface area contributed by atoms with Gasteiger partial charge in [-0.05, 0) is 11.5 Å². The van der Waals surface area contributed by atoms with Gasteiger partial charge in [0, 0.05) is 5.56 Å². The monoisotopic (exact) mass is 218 g/mol. The van der Waals surface area contributed by atoms with E-state index in [1.165, 1.54) is 0 Å². The molecule has 1 aromatic rings. The fraction of sp³-hybridized carbons (Fsp3) is 0.125. The average molecular weight is 218 g/mol. The van der Waals surface area contributed by atoms with Crippen LogP contribution in [0, 0.1) is 0 Å². The van der Waals surface area contributed by atoms with E-state index >= 15 is 0 Å². The van der Waals surface area contributed by atoms with E-state index in [9.17, 15) is 18.0 Å². The van der Waals surface area contributed by atoms with Crippen LogP contribution in [0.1, 0.15) is 15.9 Å². The van der Waals surface area contributed by atoms with E-state index in [1.54, 1.807) is 0 Å². The molecule has 0 aromatic heterocycles. The van der Waals surface area contributed by atoms with Crippen molar-refractivity contribution in [3.05, 3.63) is 29.3 Å². The summed E-state index contributed by atoms with van der Waals surface area (Å²) in [4.78, 5) is 10.3. The van der Waals surface area contributed by atoms with Gasteiger partial charge in [0.2, 0.25) is 0 Å². The molecule has 0 fully saturated rings. The first-order chi connectivity index (χ1) is 6.86. The molecule has 0 spiro atoms. The summed E-state index contributed by atoms with van der Waals surface area (Å²) < 4.78 is 37.2. The number of carbonyl (C=O) groups excluding carboxylic acids is 1. The van der Waals surface area contributed by atoms with E-state index in [0.29, 0.717) is 6.07 Å². The quantitative estimate of drug-likeness (QED) is 0.550. The third-order valence-electron chi connectivity index (χ3n) is 1.80. The van der Waals surface area contributed by atoms with Gasteiger partial charge in [-0.3, -0.25) is 4.79 Å². The van der Waals surface area contributed by atoms with Gasteiger partial charge >= 0.3 is 13.3 Å². The van der Waals surface area contributed by atoms with Crippen molar-refractivity contribution in [2.45, 2.75) is 6.18 Å². The highest BCUT2D eigenvalue weighted by molar-refractivity contribution is 6.59. The Morgan fingerprint density at radius 2 is 1.87 bits per heavy atom.